The fourth-order valence-electron chi connectivity index (χ4n) is 2.39. The average molecular weight is 276 g/mol. The summed E-state index contributed by atoms with van der Waals surface area (Å²) in [6, 6.07) is 15.5. The summed E-state index contributed by atoms with van der Waals surface area (Å²) in [5.41, 5.74) is 8.68. The van der Waals surface area contributed by atoms with Crippen LogP contribution in [0.3, 0.4) is 0 Å². The molecule has 2 N–H and O–H groups in total. The van der Waals surface area contributed by atoms with Gasteiger partial charge in [-0.2, -0.15) is 0 Å². The molecule has 0 atom stereocenters. The molecule has 0 radical (unpaired) electrons. The van der Waals surface area contributed by atoms with Crippen LogP contribution in [0.15, 0.2) is 73.3 Å². The van der Waals surface area contributed by atoms with Gasteiger partial charge in [-0.15, -0.1) is 0 Å². The van der Waals surface area contributed by atoms with Gasteiger partial charge < -0.3 is 5.73 Å². The lowest BCUT2D eigenvalue weighted by molar-refractivity contribution is 0.502. The molecule has 0 fully saturated rings. The van der Waals surface area contributed by atoms with Crippen LogP contribution in [0.4, 0.5) is 0 Å². The summed E-state index contributed by atoms with van der Waals surface area (Å²) >= 11 is 0. The molecule has 3 aromatic heterocycles. The van der Waals surface area contributed by atoms with Gasteiger partial charge in [-0.3, -0.25) is 15.0 Å². The maximum absolute atomic E-state index is 6.73. The molecule has 3 heterocycles. The Hall–Kier alpha value is -2.59. The van der Waals surface area contributed by atoms with Gasteiger partial charge in [0.2, 0.25) is 0 Å². The van der Waals surface area contributed by atoms with Crippen molar-refractivity contribution in [2.75, 3.05) is 0 Å². The summed E-state index contributed by atoms with van der Waals surface area (Å²) in [4.78, 5) is 12.9. The van der Waals surface area contributed by atoms with Gasteiger partial charge in [-0.05, 0) is 42.0 Å². The molecule has 0 aliphatic heterocycles. The molecule has 4 nitrogen and oxygen atoms in total. The Morgan fingerprint density at radius 2 is 1.33 bits per heavy atom. The first-order valence-corrected chi connectivity index (χ1v) is 6.80. The number of nitrogens with zero attached hydrogens (tertiary/aromatic N) is 3. The van der Waals surface area contributed by atoms with Crippen molar-refractivity contribution in [2.45, 2.75) is 12.0 Å². The Morgan fingerprint density at radius 3 is 1.81 bits per heavy atom. The normalized spacial score (nSPS) is 11.3. The number of pyridine rings is 3. The molecule has 21 heavy (non-hydrogen) atoms. The highest BCUT2D eigenvalue weighted by molar-refractivity contribution is 5.32. The quantitative estimate of drug-likeness (QED) is 0.794. The zero-order valence-corrected chi connectivity index (χ0v) is 11.6. The number of hydrogen-bond donors (Lipinski definition) is 1. The van der Waals surface area contributed by atoms with Crippen molar-refractivity contribution in [2.24, 2.45) is 5.73 Å². The van der Waals surface area contributed by atoms with Gasteiger partial charge in [0, 0.05) is 31.2 Å². The SMILES string of the molecule is NC(Cc1ccncc1)(c1ccccn1)c1ccccn1. The van der Waals surface area contributed by atoms with E-state index in [4.69, 9.17) is 5.73 Å². The maximum Gasteiger partial charge on any atom is 0.105 e. The van der Waals surface area contributed by atoms with Gasteiger partial charge in [-0.25, -0.2) is 0 Å². The second-order valence-electron chi connectivity index (χ2n) is 4.93. The molecule has 104 valence electrons. The summed E-state index contributed by atoms with van der Waals surface area (Å²) in [5.74, 6) is 0. The van der Waals surface area contributed by atoms with Gasteiger partial charge >= 0.3 is 0 Å². The third-order valence-electron chi connectivity index (χ3n) is 3.48. The topological polar surface area (TPSA) is 64.7 Å². The number of hydrogen-bond acceptors (Lipinski definition) is 4. The van der Waals surface area contributed by atoms with Crippen molar-refractivity contribution in [1.82, 2.24) is 15.0 Å². The van der Waals surface area contributed by atoms with E-state index in [1.54, 1.807) is 24.8 Å². The molecular formula is C17H16N4. The summed E-state index contributed by atoms with van der Waals surface area (Å²) < 4.78 is 0. The Balaban J connectivity index is 2.07. The molecule has 0 spiro atoms. The fourth-order valence-corrected chi connectivity index (χ4v) is 2.39. The van der Waals surface area contributed by atoms with E-state index in [2.05, 4.69) is 15.0 Å². The molecule has 0 aromatic carbocycles. The largest absolute Gasteiger partial charge is 0.315 e. The smallest absolute Gasteiger partial charge is 0.105 e. The minimum absolute atomic E-state index is 0.615. The van der Waals surface area contributed by atoms with Crippen LogP contribution in [0.2, 0.25) is 0 Å². The fraction of sp³-hybridized carbons (Fsp3) is 0.118. The molecule has 0 aliphatic carbocycles. The lowest BCUT2D eigenvalue weighted by atomic mass is 9.85. The number of nitrogens with two attached hydrogens (primary N) is 1. The van der Waals surface area contributed by atoms with Gasteiger partial charge in [0.15, 0.2) is 0 Å². The molecule has 3 aromatic rings. The van der Waals surface area contributed by atoms with Crippen molar-refractivity contribution >= 4 is 0 Å². The van der Waals surface area contributed by atoms with Gasteiger partial charge in [0.05, 0.1) is 11.4 Å². The number of rotatable bonds is 4. The predicted molar refractivity (Wildman–Crippen MR) is 81.4 cm³/mol. The standard InChI is InChI=1S/C17H16N4/c18-17(15-5-1-3-9-20-15,16-6-2-4-10-21-16)13-14-7-11-19-12-8-14/h1-12H,13,18H2. The van der Waals surface area contributed by atoms with Crippen molar-refractivity contribution in [3.05, 3.63) is 90.3 Å². The zero-order chi connectivity index (χ0) is 14.5. The minimum Gasteiger partial charge on any atom is -0.315 e. The third-order valence-corrected chi connectivity index (χ3v) is 3.48. The first kappa shape index (κ1) is 13.4. The highest BCUT2D eigenvalue weighted by Gasteiger charge is 2.32. The summed E-state index contributed by atoms with van der Waals surface area (Å²) in [6.07, 6.45) is 7.67. The first-order chi connectivity index (χ1) is 10.3. The van der Waals surface area contributed by atoms with Crippen LogP contribution < -0.4 is 5.73 Å². The predicted octanol–water partition coefficient (Wildman–Crippen LogP) is 2.32. The van der Waals surface area contributed by atoms with Crippen LogP contribution in [0, 0.1) is 0 Å². The minimum atomic E-state index is -0.760. The molecule has 0 bridgehead atoms. The van der Waals surface area contributed by atoms with Gasteiger partial charge in [0.25, 0.3) is 0 Å². The van der Waals surface area contributed by atoms with Crippen molar-refractivity contribution in [3.8, 4) is 0 Å². The molecule has 0 aliphatic rings. The molecule has 0 saturated heterocycles. The second-order valence-corrected chi connectivity index (χ2v) is 4.93. The number of aromatic nitrogens is 3. The van der Waals surface area contributed by atoms with Crippen molar-refractivity contribution in [1.29, 1.82) is 0 Å². The summed E-state index contributed by atoms with van der Waals surface area (Å²) in [5, 5.41) is 0. The van der Waals surface area contributed by atoms with E-state index in [0.717, 1.165) is 17.0 Å². The van der Waals surface area contributed by atoms with Crippen LogP contribution in [0.1, 0.15) is 17.0 Å². The highest BCUT2D eigenvalue weighted by atomic mass is 14.9. The second kappa shape index (κ2) is 5.81. The van der Waals surface area contributed by atoms with E-state index in [1.165, 1.54) is 0 Å². The Kier molecular flexibility index (Phi) is 3.71. The van der Waals surface area contributed by atoms with Crippen LogP contribution in [0.25, 0.3) is 0 Å². The van der Waals surface area contributed by atoms with E-state index < -0.39 is 5.54 Å². The molecule has 3 rings (SSSR count). The third kappa shape index (κ3) is 2.80. The van der Waals surface area contributed by atoms with E-state index >= 15 is 0 Å². The Bertz CT molecular complexity index is 644. The van der Waals surface area contributed by atoms with Crippen LogP contribution in [-0.2, 0) is 12.0 Å². The molecule has 0 saturated carbocycles. The van der Waals surface area contributed by atoms with Crippen molar-refractivity contribution in [3.63, 3.8) is 0 Å². The van der Waals surface area contributed by atoms with Crippen molar-refractivity contribution < 1.29 is 0 Å². The van der Waals surface area contributed by atoms with E-state index in [1.807, 2.05) is 48.5 Å². The first-order valence-electron chi connectivity index (χ1n) is 6.80. The lowest BCUT2D eigenvalue weighted by Gasteiger charge is -2.28. The van der Waals surface area contributed by atoms with E-state index in [9.17, 15) is 0 Å². The maximum atomic E-state index is 6.73. The lowest BCUT2D eigenvalue weighted by Crippen LogP contribution is -2.41. The zero-order valence-electron chi connectivity index (χ0n) is 11.6. The van der Waals surface area contributed by atoms with Crippen LogP contribution in [-0.4, -0.2) is 15.0 Å². The van der Waals surface area contributed by atoms with Gasteiger partial charge in [0.1, 0.15) is 5.54 Å². The van der Waals surface area contributed by atoms with E-state index in [0.29, 0.717) is 6.42 Å². The monoisotopic (exact) mass is 276 g/mol. The summed E-state index contributed by atoms with van der Waals surface area (Å²) in [7, 11) is 0. The van der Waals surface area contributed by atoms with Crippen LogP contribution in [0.5, 0.6) is 0 Å². The van der Waals surface area contributed by atoms with E-state index in [-0.39, 0.29) is 0 Å². The molecule has 4 heteroatoms. The Labute approximate surface area is 123 Å². The highest BCUT2D eigenvalue weighted by Crippen LogP contribution is 2.27. The molecule has 0 amide bonds. The summed E-state index contributed by atoms with van der Waals surface area (Å²) in [6.45, 7) is 0. The average Bonchev–Trinajstić information content (AvgIpc) is 2.57. The Morgan fingerprint density at radius 1 is 0.762 bits per heavy atom. The van der Waals surface area contributed by atoms with Crippen LogP contribution >= 0.6 is 0 Å². The van der Waals surface area contributed by atoms with Gasteiger partial charge in [-0.1, -0.05) is 12.1 Å². The molecular weight excluding hydrogens is 260 g/mol. The molecule has 0 unspecified atom stereocenters.